The highest BCUT2D eigenvalue weighted by molar-refractivity contribution is 4.85. The fourth-order valence-electron chi connectivity index (χ4n) is 3.87. The van der Waals surface area contributed by atoms with Crippen LogP contribution in [-0.4, -0.2) is 18.5 Å². The van der Waals surface area contributed by atoms with E-state index >= 15 is 0 Å². The predicted octanol–water partition coefficient (Wildman–Crippen LogP) is 5.72. The molecule has 1 nitrogen and oxygen atoms in total. The van der Waals surface area contributed by atoms with Crippen molar-refractivity contribution in [1.82, 2.24) is 4.90 Å². The third-order valence-corrected chi connectivity index (χ3v) is 5.76. The molecule has 0 aromatic carbocycles. The maximum absolute atomic E-state index is 3.99. The predicted molar refractivity (Wildman–Crippen MR) is 90.7 cm³/mol. The Morgan fingerprint density at radius 2 is 1.85 bits per heavy atom. The van der Waals surface area contributed by atoms with E-state index in [2.05, 4.69) is 46.2 Å². The zero-order chi connectivity index (χ0) is 15.1. The Morgan fingerprint density at radius 3 is 2.45 bits per heavy atom. The van der Waals surface area contributed by atoms with Crippen LogP contribution in [0.5, 0.6) is 0 Å². The Kier molecular flexibility index (Phi) is 7.69. The van der Waals surface area contributed by atoms with Crippen molar-refractivity contribution in [3.05, 3.63) is 12.3 Å². The lowest BCUT2D eigenvalue weighted by Gasteiger charge is -2.38. The fourth-order valence-corrected chi connectivity index (χ4v) is 3.87. The average molecular weight is 280 g/mol. The van der Waals surface area contributed by atoms with Crippen molar-refractivity contribution in [2.45, 2.75) is 72.6 Å². The lowest BCUT2D eigenvalue weighted by molar-refractivity contribution is 0.119. The molecule has 0 saturated heterocycles. The summed E-state index contributed by atoms with van der Waals surface area (Å²) in [7, 11) is 2.15. The highest BCUT2D eigenvalue weighted by atomic mass is 15.1. The van der Waals surface area contributed by atoms with E-state index in [1.165, 1.54) is 57.2 Å². The molecule has 1 saturated carbocycles. The number of allylic oxidation sites excluding steroid dienone is 1. The molecule has 0 aromatic heterocycles. The van der Waals surface area contributed by atoms with E-state index in [4.69, 9.17) is 0 Å². The van der Waals surface area contributed by atoms with Crippen LogP contribution < -0.4 is 0 Å². The van der Waals surface area contributed by atoms with Gasteiger partial charge in [-0.15, -0.1) is 0 Å². The monoisotopic (exact) mass is 279 g/mol. The molecule has 0 heterocycles. The van der Waals surface area contributed by atoms with Crippen molar-refractivity contribution in [2.24, 2.45) is 23.7 Å². The molecule has 0 aliphatic heterocycles. The van der Waals surface area contributed by atoms with Gasteiger partial charge in [-0.1, -0.05) is 53.0 Å². The van der Waals surface area contributed by atoms with Gasteiger partial charge in [0.2, 0.25) is 0 Å². The van der Waals surface area contributed by atoms with E-state index in [1.807, 2.05) is 0 Å². The van der Waals surface area contributed by atoms with Crippen LogP contribution in [0, 0.1) is 23.7 Å². The molecule has 1 fully saturated rings. The molecule has 0 amide bonds. The van der Waals surface area contributed by atoms with Crippen molar-refractivity contribution in [3.8, 4) is 0 Å². The molecule has 0 spiro atoms. The van der Waals surface area contributed by atoms with Crippen molar-refractivity contribution in [3.63, 3.8) is 0 Å². The van der Waals surface area contributed by atoms with Gasteiger partial charge in [-0.25, -0.2) is 0 Å². The Labute approximate surface area is 127 Å². The summed E-state index contributed by atoms with van der Waals surface area (Å²) in [4.78, 5) is 2.28. The highest BCUT2D eigenvalue weighted by Crippen LogP contribution is 2.41. The molecule has 118 valence electrons. The molecule has 1 rings (SSSR count). The molecule has 0 radical (unpaired) electrons. The number of hydrogen-bond acceptors (Lipinski definition) is 1. The zero-order valence-corrected chi connectivity index (χ0v) is 14.6. The van der Waals surface area contributed by atoms with Gasteiger partial charge in [-0.05, 0) is 49.9 Å². The molecule has 1 aliphatic carbocycles. The summed E-state index contributed by atoms with van der Waals surface area (Å²) >= 11 is 0. The first-order chi connectivity index (χ1) is 9.45. The summed E-state index contributed by atoms with van der Waals surface area (Å²) in [5, 5.41) is 0. The fraction of sp³-hybridized carbons (Fsp3) is 0.895. The van der Waals surface area contributed by atoms with Crippen molar-refractivity contribution >= 4 is 0 Å². The Bertz CT molecular complexity index is 283. The van der Waals surface area contributed by atoms with Gasteiger partial charge in [0.15, 0.2) is 0 Å². The first-order valence-corrected chi connectivity index (χ1v) is 8.82. The minimum Gasteiger partial charge on any atom is -0.379 e. The summed E-state index contributed by atoms with van der Waals surface area (Å²) in [5.41, 5.74) is 1.19. The first kappa shape index (κ1) is 17.6. The second-order valence-corrected chi connectivity index (χ2v) is 7.35. The molecule has 0 aromatic rings. The molecule has 4 unspecified atom stereocenters. The third kappa shape index (κ3) is 5.50. The lowest BCUT2D eigenvalue weighted by Crippen LogP contribution is -2.29. The van der Waals surface area contributed by atoms with E-state index in [9.17, 15) is 0 Å². The standard InChI is InChI=1S/C19H37N/c1-7-19-14-18(13-16(4)17(19)5)11-9-8-10-12-20(6)15(2)3/h16-19H,2,7-14H2,1,3-6H3. The van der Waals surface area contributed by atoms with Crippen LogP contribution in [0.3, 0.4) is 0 Å². The maximum atomic E-state index is 3.99. The molecule has 0 N–H and O–H groups in total. The van der Waals surface area contributed by atoms with Crippen LogP contribution in [0.15, 0.2) is 12.3 Å². The Hall–Kier alpha value is -0.460. The highest BCUT2D eigenvalue weighted by Gasteiger charge is 2.31. The van der Waals surface area contributed by atoms with Gasteiger partial charge in [0.1, 0.15) is 0 Å². The van der Waals surface area contributed by atoms with Crippen molar-refractivity contribution in [1.29, 1.82) is 0 Å². The van der Waals surface area contributed by atoms with Gasteiger partial charge in [-0.3, -0.25) is 0 Å². The summed E-state index contributed by atoms with van der Waals surface area (Å²) in [5.74, 6) is 3.87. The van der Waals surface area contributed by atoms with Gasteiger partial charge >= 0.3 is 0 Å². The summed E-state index contributed by atoms with van der Waals surface area (Å²) in [6, 6.07) is 0. The third-order valence-electron chi connectivity index (χ3n) is 5.76. The largest absolute Gasteiger partial charge is 0.379 e. The maximum Gasteiger partial charge on any atom is 0.0171 e. The van der Waals surface area contributed by atoms with Gasteiger partial charge in [0.05, 0.1) is 0 Å². The number of rotatable bonds is 8. The molecular formula is C19H37N. The average Bonchev–Trinajstić information content (AvgIpc) is 2.41. The van der Waals surface area contributed by atoms with Crippen LogP contribution in [0.2, 0.25) is 0 Å². The lowest BCUT2D eigenvalue weighted by atomic mass is 9.67. The number of unbranched alkanes of at least 4 members (excludes halogenated alkanes) is 2. The van der Waals surface area contributed by atoms with E-state index in [0.29, 0.717) is 0 Å². The minimum absolute atomic E-state index is 0.938. The van der Waals surface area contributed by atoms with Gasteiger partial charge in [0, 0.05) is 19.3 Å². The molecule has 0 bridgehead atoms. The molecule has 20 heavy (non-hydrogen) atoms. The summed E-state index contributed by atoms with van der Waals surface area (Å²) in [6.07, 6.45) is 9.94. The zero-order valence-electron chi connectivity index (χ0n) is 14.6. The van der Waals surface area contributed by atoms with Gasteiger partial charge in [0.25, 0.3) is 0 Å². The summed E-state index contributed by atoms with van der Waals surface area (Å²) < 4.78 is 0. The van der Waals surface area contributed by atoms with Crippen LogP contribution in [0.4, 0.5) is 0 Å². The van der Waals surface area contributed by atoms with Crippen LogP contribution in [-0.2, 0) is 0 Å². The smallest absolute Gasteiger partial charge is 0.0171 e. The minimum atomic E-state index is 0.938. The molecular weight excluding hydrogens is 242 g/mol. The van der Waals surface area contributed by atoms with Crippen molar-refractivity contribution in [2.75, 3.05) is 13.6 Å². The van der Waals surface area contributed by atoms with E-state index in [-0.39, 0.29) is 0 Å². The molecule has 1 aliphatic rings. The van der Waals surface area contributed by atoms with Crippen LogP contribution in [0.1, 0.15) is 72.6 Å². The van der Waals surface area contributed by atoms with E-state index < -0.39 is 0 Å². The van der Waals surface area contributed by atoms with Crippen LogP contribution in [0.25, 0.3) is 0 Å². The van der Waals surface area contributed by atoms with Gasteiger partial charge < -0.3 is 4.90 Å². The van der Waals surface area contributed by atoms with E-state index in [0.717, 1.165) is 23.7 Å². The second kappa shape index (κ2) is 8.74. The second-order valence-electron chi connectivity index (χ2n) is 7.35. The molecule has 4 atom stereocenters. The Balaban J connectivity index is 2.17. The van der Waals surface area contributed by atoms with Crippen LogP contribution >= 0.6 is 0 Å². The summed E-state index contributed by atoms with van der Waals surface area (Å²) in [6.45, 7) is 14.6. The quantitative estimate of drug-likeness (QED) is 0.514. The Morgan fingerprint density at radius 1 is 1.15 bits per heavy atom. The van der Waals surface area contributed by atoms with Crippen molar-refractivity contribution < 1.29 is 0 Å². The number of nitrogens with zero attached hydrogens (tertiary/aromatic N) is 1. The normalized spacial score (nSPS) is 30.2. The first-order valence-electron chi connectivity index (χ1n) is 8.82. The molecule has 1 heteroatoms. The SMILES string of the molecule is C=C(C)N(C)CCCCCC1CC(C)C(C)C(CC)C1. The van der Waals surface area contributed by atoms with E-state index in [1.54, 1.807) is 0 Å². The number of hydrogen-bond donors (Lipinski definition) is 0. The topological polar surface area (TPSA) is 3.24 Å². The van der Waals surface area contributed by atoms with Gasteiger partial charge in [-0.2, -0.15) is 0 Å².